The van der Waals surface area contributed by atoms with Crippen molar-refractivity contribution < 1.29 is 24.0 Å². The quantitative estimate of drug-likeness (QED) is 0.360. The summed E-state index contributed by atoms with van der Waals surface area (Å²) in [7, 11) is 0. The number of carbonyl (C=O) groups is 3. The molecule has 0 radical (unpaired) electrons. The summed E-state index contributed by atoms with van der Waals surface area (Å²) in [5.74, 6) is -1.63. The van der Waals surface area contributed by atoms with Crippen molar-refractivity contribution >= 4 is 39.4 Å². The molecule has 0 spiro atoms. The molecule has 2 aromatic carbocycles. The van der Waals surface area contributed by atoms with E-state index >= 15 is 0 Å². The molecule has 0 aliphatic carbocycles. The SMILES string of the molecule is O=C(CNC(=O)c1ccc(Br)cc1)NCC(=O)OCc1ccc([N+](=O)[O-])cc1. The monoisotopic (exact) mass is 449 g/mol. The van der Waals surface area contributed by atoms with Crippen LogP contribution in [0.2, 0.25) is 0 Å². The Morgan fingerprint density at radius 2 is 1.61 bits per heavy atom. The summed E-state index contributed by atoms with van der Waals surface area (Å²) in [5, 5.41) is 15.3. The highest BCUT2D eigenvalue weighted by atomic mass is 79.9. The first-order valence-corrected chi connectivity index (χ1v) is 8.84. The third-order valence-electron chi connectivity index (χ3n) is 3.49. The standard InChI is InChI=1S/C18H16BrN3O6/c19-14-5-3-13(4-6-14)18(25)21-9-16(23)20-10-17(24)28-11-12-1-7-15(8-2-12)22(26)27/h1-8H,9-11H2,(H,20,23)(H,21,25). The van der Waals surface area contributed by atoms with Crippen molar-refractivity contribution in [1.82, 2.24) is 10.6 Å². The van der Waals surface area contributed by atoms with Crippen LogP contribution in [-0.4, -0.2) is 35.8 Å². The average molecular weight is 450 g/mol. The van der Waals surface area contributed by atoms with Gasteiger partial charge in [-0.1, -0.05) is 15.9 Å². The van der Waals surface area contributed by atoms with Crippen molar-refractivity contribution in [2.75, 3.05) is 13.1 Å². The van der Waals surface area contributed by atoms with E-state index in [1.807, 2.05) is 0 Å². The Kier molecular flexibility index (Phi) is 7.64. The lowest BCUT2D eigenvalue weighted by Crippen LogP contribution is -2.39. The van der Waals surface area contributed by atoms with Gasteiger partial charge in [0, 0.05) is 22.2 Å². The second kappa shape index (κ2) is 10.2. The van der Waals surface area contributed by atoms with Crippen molar-refractivity contribution in [3.05, 3.63) is 74.2 Å². The molecular formula is C18H16BrN3O6. The minimum atomic E-state index is -0.675. The molecule has 0 saturated heterocycles. The number of hydrogen-bond donors (Lipinski definition) is 2. The fourth-order valence-corrected chi connectivity index (χ4v) is 2.29. The summed E-state index contributed by atoms with van der Waals surface area (Å²) in [4.78, 5) is 45.3. The maximum absolute atomic E-state index is 11.9. The van der Waals surface area contributed by atoms with Gasteiger partial charge in [0.2, 0.25) is 5.91 Å². The van der Waals surface area contributed by atoms with E-state index in [9.17, 15) is 24.5 Å². The summed E-state index contributed by atoms with van der Waals surface area (Å²) in [6, 6.07) is 12.2. The number of nitrogens with one attached hydrogen (secondary N) is 2. The molecular weight excluding hydrogens is 434 g/mol. The first kappa shape index (κ1) is 21.0. The van der Waals surface area contributed by atoms with Crippen molar-refractivity contribution in [1.29, 1.82) is 0 Å². The molecule has 146 valence electrons. The van der Waals surface area contributed by atoms with E-state index in [1.54, 1.807) is 24.3 Å². The van der Waals surface area contributed by atoms with Crippen LogP contribution in [0.25, 0.3) is 0 Å². The molecule has 0 aliphatic rings. The van der Waals surface area contributed by atoms with E-state index in [2.05, 4.69) is 26.6 Å². The number of hydrogen-bond acceptors (Lipinski definition) is 6. The van der Waals surface area contributed by atoms with Gasteiger partial charge in [0.15, 0.2) is 0 Å². The fraction of sp³-hybridized carbons (Fsp3) is 0.167. The van der Waals surface area contributed by atoms with E-state index < -0.39 is 22.7 Å². The molecule has 2 amide bonds. The summed E-state index contributed by atoms with van der Waals surface area (Å²) >= 11 is 3.26. The van der Waals surface area contributed by atoms with Gasteiger partial charge in [-0.05, 0) is 42.0 Å². The number of halogens is 1. The second-order valence-electron chi connectivity index (χ2n) is 5.55. The predicted molar refractivity (Wildman–Crippen MR) is 102 cm³/mol. The Labute approximate surface area is 168 Å². The van der Waals surface area contributed by atoms with Crippen LogP contribution in [-0.2, 0) is 20.9 Å². The minimum absolute atomic E-state index is 0.0625. The summed E-state index contributed by atoms with van der Waals surface area (Å²) < 4.78 is 5.80. The highest BCUT2D eigenvalue weighted by molar-refractivity contribution is 9.10. The molecule has 0 aliphatic heterocycles. The maximum Gasteiger partial charge on any atom is 0.325 e. The number of non-ortho nitro benzene ring substituents is 1. The number of benzene rings is 2. The zero-order chi connectivity index (χ0) is 20.5. The molecule has 2 N–H and O–H groups in total. The molecule has 0 atom stereocenters. The molecule has 0 saturated carbocycles. The van der Waals surface area contributed by atoms with E-state index in [1.165, 1.54) is 24.3 Å². The van der Waals surface area contributed by atoms with Gasteiger partial charge in [-0.2, -0.15) is 0 Å². The molecule has 0 unspecified atom stereocenters. The molecule has 2 aromatic rings. The third kappa shape index (κ3) is 6.80. The molecule has 2 rings (SSSR count). The van der Waals surface area contributed by atoms with Crippen LogP contribution in [0.3, 0.4) is 0 Å². The van der Waals surface area contributed by atoms with Crippen LogP contribution >= 0.6 is 15.9 Å². The molecule has 9 nitrogen and oxygen atoms in total. The minimum Gasteiger partial charge on any atom is -0.460 e. The van der Waals surface area contributed by atoms with E-state index in [-0.39, 0.29) is 25.4 Å². The topological polar surface area (TPSA) is 128 Å². The number of carbonyl (C=O) groups excluding carboxylic acids is 3. The van der Waals surface area contributed by atoms with Crippen LogP contribution in [0.15, 0.2) is 53.0 Å². The first-order valence-electron chi connectivity index (χ1n) is 8.04. The zero-order valence-electron chi connectivity index (χ0n) is 14.5. The Morgan fingerprint density at radius 3 is 2.21 bits per heavy atom. The van der Waals surface area contributed by atoms with Gasteiger partial charge in [-0.25, -0.2) is 0 Å². The van der Waals surface area contributed by atoms with Crippen molar-refractivity contribution in [3.8, 4) is 0 Å². The second-order valence-corrected chi connectivity index (χ2v) is 6.47. The maximum atomic E-state index is 11.9. The van der Waals surface area contributed by atoms with Crippen LogP contribution in [0.1, 0.15) is 15.9 Å². The number of esters is 1. The van der Waals surface area contributed by atoms with Gasteiger partial charge < -0.3 is 15.4 Å². The molecule has 0 bridgehead atoms. The van der Waals surface area contributed by atoms with Crippen molar-refractivity contribution in [3.63, 3.8) is 0 Å². The summed E-state index contributed by atoms with van der Waals surface area (Å²) in [5.41, 5.74) is 0.915. The summed E-state index contributed by atoms with van der Waals surface area (Å²) in [6.07, 6.45) is 0. The number of nitrogens with zero attached hydrogens (tertiary/aromatic N) is 1. The number of nitro groups is 1. The lowest BCUT2D eigenvalue weighted by atomic mass is 10.2. The van der Waals surface area contributed by atoms with Crippen LogP contribution in [0.4, 0.5) is 5.69 Å². The van der Waals surface area contributed by atoms with Gasteiger partial charge in [0.1, 0.15) is 13.2 Å². The molecule has 0 fully saturated rings. The Bertz CT molecular complexity index is 868. The smallest absolute Gasteiger partial charge is 0.325 e. The lowest BCUT2D eigenvalue weighted by molar-refractivity contribution is -0.384. The van der Waals surface area contributed by atoms with Gasteiger partial charge in [-0.15, -0.1) is 0 Å². The predicted octanol–water partition coefficient (Wildman–Crippen LogP) is 1.95. The Morgan fingerprint density at radius 1 is 0.964 bits per heavy atom. The number of rotatable bonds is 8. The van der Waals surface area contributed by atoms with Crippen molar-refractivity contribution in [2.45, 2.75) is 6.61 Å². The van der Waals surface area contributed by atoms with Crippen molar-refractivity contribution in [2.24, 2.45) is 0 Å². The highest BCUT2D eigenvalue weighted by Gasteiger charge is 2.10. The van der Waals surface area contributed by atoms with Gasteiger partial charge in [-0.3, -0.25) is 24.5 Å². The van der Waals surface area contributed by atoms with Gasteiger partial charge in [0.25, 0.3) is 11.6 Å². The lowest BCUT2D eigenvalue weighted by Gasteiger charge is -2.08. The zero-order valence-corrected chi connectivity index (χ0v) is 16.1. The molecule has 28 heavy (non-hydrogen) atoms. The average Bonchev–Trinajstić information content (AvgIpc) is 2.69. The normalized spacial score (nSPS) is 10.0. The molecule has 0 heterocycles. The first-order chi connectivity index (χ1) is 13.3. The molecule has 10 heteroatoms. The highest BCUT2D eigenvalue weighted by Crippen LogP contribution is 2.12. The molecule has 0 aromatic heterocycles. The summed E-state index contributed by atoms with van der Waals surface area (Å²) in [6.45, 7) is -0.725. The number of amides is 2. The largest absolute Gasteiger partial charge is 0.460 e. The van der Waals surface area contributed by atoms with E-state index in [0.717, 1.165) is 4.47 Å². The van der Waals surface area contributed by atoms with Crippen LogP contribution < -0.4 is 10.6 Å². The van der Waals surface area contributed by atoms with Gasteiger partial charge in [0.05, 0.1) is 11.5 Å². The number of nitro benzene ring substituents is 1. The Balaban J connectivity index is 1.67. The third-order valence-corrected chi connectivity index (χ3v) is 4.02. The Hall–Kier alpha value is -3.27. The van der Waals surface area contributed by atoms with Gasteiger partial charge >= 0.3 is 5.97 Å². The fourth-order valence-electron chi connectivity index (χ4n) is 2.03. The van der Waals surface area contributed by atoms with E-state index in [0.29, 0.717) is 11.1 Å². The van der Waals surface area contributed by atoms with Crippen LogP contribution in [0.5, 0.6) is 0 Å². The van der Waals surface area contributed by atoms with E-state index in [4.69, 9.17) is 4.74 Å². The van der Waals surface area contributed by atoms with Crippen LogP contribution in [0, 0.1) is 10.1 Å². The number of ether oxygens (including phenoxy) is 1.